The van der Waals surface area contributed by atoms with Gasteiger partial charge in [-0.15, -0.1) is 11.3 Å². The lowest BCUT2D eigenvalue weighted by Gasteiger charge is -2.25. The number of hydrogen-bond acceptors (Lipinski definition) is 5. The second-order valence-corrected chi connectivity index (χ2v) is 6.85. The predicted octanol–water partition coefficient (Wildman–Crippen LogP) is 2.33. The first-order valence-electron chi connectivity index (χ1n) is 8.33. The van der Waals surface area contributed by atoms with E-state index in [9.17, 15) is 9.59 Å². The zero-order chi connectivity index (χ0) is 17.5. The highest BCUT2D eigenvalue weighted by atomic mass is 32.1. The van der Waals surface area contributed by atoms with E-state index in [1.807, 2.05) is 30.3 Å². The molecule has 25 heavy (non-hydrogen) atoms. The van der Waals surface area contributed by atoms with Crippen LogP contribution in [0.5, 0.6) is 0 Å². The second-order valence-electron chi connectivity index (χ2n) is 5.96. The predicted molar refractivity (Wildman–Crippen MR) is 96.4 cm³/mol. The Labute approximate surface area is 150 Å². The van der Waals surface area contributed by atoms with Gasteiger partial charge in [0.2, 0.25) is 11.8 Å². The van der Waals surface area contributed by atoms with E-state index in [0.717, 1.165) is 25.0 Å². The molecule has 3 rings (SSSR count). The Kier molecular flexibility index (Phi) is 6.14. The number of rotatable bonds is 7. The van der Waals surface area contributed by atoms with Crippen LogP contribution in [0.4, 0.5) is 5.13 Å². The van der Waals surface area contributed by atoms with Crippen LogP contribution in [0.15, 0.2) is 41.9 Å². The molecule has 0 saturated carbocycles. The average Bonchev–Trinajstić information content (AvgIpc) is 3.29. The summed E-state index contributed by atoms with van der Waals surface area (Å²) >= 11 is 1.35. The molecule has 2 heterocycles. The van der Waals surface area contributed by atoms with E-state index >= 15 is 0 Å². The third-order valence-electron chi connectivity index (χ3n) is 4.01. The minimum Gasteiger partial charge on any atom is -0.376 e. The number of amides is 2. The van der Waals surface area contributed by atoms with E-state index in [-0.39, 0.29) is 30.9 Å². The van der Waals surface area contributed by atoms with Crippen molar-refractivity contribution >= 4 is 28.3 Å². The summed E-state index contributed by atoms with van der Waals surface area (Å²) in [6.45, 7) is 1.17. The summed E-state index contributed by atoms with van der Waals surface area (Å²) in [6.07, 6.45) is 3.83. The largest absolute Gasteiger partial charge is 0.376 e. The van der Waals surface area contributed by atoms with Crippen LogP contribution in [-0.2, 0) is 20.7 Å². The molecule has 0 bridgehead atoms. The van der Waals surface area contributed by atoms with Gasteiger partial charge in [0.15, 0.2) is 5.13 Å². The second kappa shape index (κ2) is 8.73. The van der Waals surface area contributed by atoms with Crippen molar-refractivity contribution in [2.24, 2.45) is 0 Å². The highest BCUT2D eigenvalue weighted by Crippen LogP contribution is 2.15. The smallest absolute Gasteiger partial charge is 0.245 e. The Balaban J connectivity index is 1.63. The van der Waals surface area contributed by atoms with Crippen LogP contribution >= 0.6 is 11.3 Å². The number of carbonyl (C=O) groups excluding carboxylic acids is 2. The summed E-state index contributed by atoms with van der Waals surface area (Å²) in [5, 5.41) is 5.06. The first kappa shape index (κ1) is 17.6. The van der Waals surface area contributed by atoms with Gasteiger partial charge in [-0.25, -0.2) is 4.98 Å². The topological polar surface area (TPSA) is 71.5 Å². The van der Waals surface area contributed by atoms with Crippen molar-refractivity contribution in [3.63, 3.8) is 0 Å². The van der Waals surface area contributed by atoms with E-state index in [1.54, 1.807) is 16.5 Å². The third-order valence-corrected chi connectivity index (χ3v) is 4.70. The van der Waals surface area contributed by atoms with Crippen LogP contribution in [0.2, 0.25) is 0 Å². The quantitative estimate of drug-likeness (QED) is 0.824. The van der Waals surface area contributed by atoms with Gasteiger partial charge in [-0.05, 0) is 18.4 Å². The molecular formula is C18H21N3O3S. The van der Waals surface area contributed by atoms with E-state index in [4.69, 9.17) is 4.74 Å². The number of carbonyl (C=O) groups is 2. The van der Waals surface area contributed by atoms with E-state index in [2.05, 4.69) is 10.3 Å². The lowest BCUT2D eigenvalue weighted by atomic mass is 10.1. The molecule has 1 atom stereocenters. The fourth-order valence-electron chi connectivity index (χ4n) is 2.79. The van der Waals surface area contributed by atoms with Crippen LogP contribution in [0.25, 0.3) is 0 Å². The maximum Gasteiger partial charge on any atom is 0.245 e. The molecule has 1 aromatic heterocycles. The van der Waals surface area contributed by atoms with E-state index in [1.165, 1.54) is 11.3 Å². The van der Waals surface area contributed by atoms with Gasteiger partial charge in [-0.1, -0.05) is 30.3 Å². The molecule has 2 aromatic rings. The van der Waals surface area contributed by atoms with Gasteiger partial charge in [0, 0.05) is 24.7 Å². The molecular weight excluding hydrogens is 338 g/mol. The van der Waals surface area contributed by atoms with Gasteiger partial charge < -0.3 is 15.0 Å². The number of hydrogen-bond donors (Lipinski definition) is 1. The highest BCUT2D eigenvalue weighted by molar-refractivity contribution is 7.13. The van der Waals surface area contributed by atoms with Crippen LogP contribution in [0.1, 0.15) is 18.4 Å². The normalized spacial score (nSPS) is 16.6. The minimum absolute atomic E-state index is 0.00507. The molecule has 1 aromatic carbocycles. The molecule has 0 spiro atoms. The number of nitrogens with zero attached hydrogens (tertiary/aromatic N) is 2. The zero-order valence-electron chi connectivity index (χ0n) is 13.9. The van der Waals surface area contributed by atoms with E-state index in [0.29, 0.717) is 11.7 Å². The summed E-state index contributed by atoms with van der Waals surface area (Å²) in [5.74, 6) is -0.314. The van der Waals surface area contributed by atoms with Gasteiger partial charge in [0.25, 0.3) is 0 Å². The van der Waals surface area contributed by atoms with Crippen LogP contribution in [-0.4, -0.2) is 47.5 Å². The molecule has 1 unspecified atom stereocenters. The Morgan fingerprint density at radius 2 is 2.16 bits per heavy atom. The van der Waals surface area contributed by atoms with Crippen molar-refractivity contribution in [2.45, 2.75) is 25.4 Å². The molecule has 1 N–H and O–H groups in total. The SMILES string of the molecule is O=C(CN(CC1CCCO1)C(=O)Cc1ccccc1)Nc1nccs1. The minimum atomic E-state index is -0.241. The summed E-state index contributed by atoms with van der Waals surface area (Å²) in [7, 11) is 0. The number of nitrogens with one attached hydrogen (secondary N) is 1. The maximum absolute atomic E-state index is 12.7. The van der Waals surface area contributed by atoms with Crippen molar-refractivity contribution in [1.29, 1.82) is 0 Å². The molecule has 6 nitrogen and oxygen atoms in total. The van der Waals surface area contributed by atoms with Crippen molar-refractivity contribution in [2.75, 3.05) is 25.0 Å². The van der Waals surface area contributed by atoms with Gasteiger partial charge >= 0.3 is 0 Å². The fourth-order valence-corrected chi connectivity index (χ4v) is 3.33. The Bertz CT molecular complexity index is 685. The first-order chi connectivity index (χ1) is 12.2. The summed E-state index contributed by atoms with van der Waals surface area (Å²) in [6, 6.07) is 9.56. The van der Waals surface area contributed by atoms with E-state index < -0.39 is 0 Å². The number of aromatic nitrogens is 1. The number of ether oxygens (including phenoxy) is 1. The molecule has 0 radical (unpaired) electrons. The Morgan fingerprint density at radius 1 is 1.32 bits per heavy atom. The molecule has 1 saturated heterocycles. The maximum atomic E-state index is 12.7. The molecule has 0 aliphatic carbocycles. The van der Waals surface area contributed by atoms with Gasteiger partial charge in [0.05, 0.1) is 12.5 Å². The summed E-state index contributed by atoms with van der Waals surface area (Å²) in [4.78, 5) is 30.6. The molecule has 1 aliphatic heterocycles. The number of thiazole rings is 1. The third kappa shape index (κ3) is 5.37. The monoisotopic (exact) mass is 359 g/mol. The Hall–Kier alpha value is -2.25. The number of anilines is 1. The van der Waals surface area contributed by atoms with Gasteiger partial charge in [0.1, 0.15) is 6.54 Å². The zero-order valence-corrected chi connectivity index (χ0v) is 14.7. The molecule has 2 amide bonds. The van der Waals surface area contributed by atoms with Crippen LogP contribution in [0.3, 0.4) is 0 Å². The molecule has 132 valence electrons. The first-order valence-corrected chi connectivity index (χ1v) is 9.21. The van der Waals surface area contributed by atoms with Gasteiger partial charge in [-0.2, -0.15) is 0 Å². The molecule has 7 heteroatoms. The molecule has 1 fully saturated rings. The van der Waals surface area contributed by atoms with Crippen molar-refractivity contribution in [3.8, 4) is 0 Å². The van der Waals surface area contributed by atoms with Crippen molar-refractivity contribution < 1.29 is 14.3 Å². The summed E-state index contributed by atoms with van der Waals surface area (Å²) < 4.78 is 5.64. The lowest BCUT2D eigenvalue weighted by Crippen LogP contribution is -2.43. The summed E-state index contributed by atoms with van der Waals surface area (Å²) in [5.41, 5.74) is 0.935. The van der Waals surface area contributed by atoms with Crippen molar-refractivity contribution in [3.05, 3.63) is 47.5 Å². The van der Waals surface area contributed by atoms with Crippen LogP contribution in [0, 0.1) is 0 Å². The van der Waals surface area contributed by atoms with Gasteiger partial charge in [-0.3, -0.25) is 9.59 Å². The Morgan fingerprint density at radius 3 is 2.84 bits per heavy atom. The lowest BCUT2D eigenvalue weighted by molar-refractivity contribution is -0.135. The standard InChI is InChI=1S/C18H21N3O3S/c22-16(20-18-19-8-10-25-18)13-21(12-15-7-4-9-24-15)17(23)11-14-5-2-1-3-6-14/h1-3,5-6,8,10,15H,4,7,9,11-13H2,(H,19,20,22). The van der Waals surface area contributed by atoms with Crippen LogP contribution < -0.4 is 5.32 Å². The highest BCUT2D eigenvalue weighted by Gasteiger charge is 2.24. The fraction of sp³-hybridized carbons (Fsp3) is 0.389. The van der Waals surface area contributed by atoms with Crippen molar-refractivity contribution in [1.82, 2.24) is 9.88 Å². The molecule has 1 aliphatic rings. The average molecular weight is 359 g/mol. The number of benzene rings is 1.